The molecular formula is C12H20ClN3O. The van der Waals surface area contributed by atoms with Gasteiger partial charge in [-0.3, -0.25) is 4.90 Å². The minimum absolute atomic E-state index is 0.290. The highest BCUT2D eigenvalue weighted by Gasteiger charge is 2.25. The van der Waals surface area contributed by atoms with Crippen LogP contribution < -0.4 is 0 Å². The predicted molar refractivity (Wildman–Crippen MR) is 68.0 cm³/mol. The van der Waals surface area contributed by atoms with Crippen LogP contribution in [0.1, 0.15) is 31.5 Å². The molecule has 96 valence electrons. The van der Waals surface area contributed by atoms with Gasteiger partial charge in [-0.05, 0) is 32.2 Å². The van der Waals surface area contributed by atoms with Crippen molar-refractivity contribution < 1.29 is 5.11 Å². The first-order chi connectivity index (χ1) is 8.22. The Labute approximate surface area is 107 Å². The standard InChI is InChI=1S/C12H20ClN3O/c1-15-11(13)8-14-12(15)9-16-6-2-4-10(16)5-3-7-17/h8,10,17H,2-7,9H2,1H3. The highest BCUT2D eigenvalue weighted by Crippen LogP contribution is 2.23. The van der Waals surface area contributed by atoms with Crippen LogP contribution in [0.3, 0.4) is 0 Å². The third kappa shape index (κ3) is 3.00. The summed E-state index contributed by atoms with van der Waals surface area (Å²) < 4.78 is 1.93. The summed E-state index contributed by atoms with van der Waals surface area (Å²) in [5.74, 6) is 1.02. The fourth-order valence-electron chi connectivity index (χ4n) is 2.51. The Kier molecular flexibility index (Phi) is 4.42. The average molecular weight is 258 g/mol. The van der Waals surface area contributed by atoms with E-state index in [-0.39, 0.29) is 0 Å². The van der Waals surface area contributed by atoms with Gasteiger partial charge in [0.15, 0.2) is 0 Å². The largest absolute Gasteiger partial charge is 0.396 e. The molecule has 17 heavy (non-hydrogen) atoms. The zero-order chi connectivity index (χ0) is 12.3. The Morgan fingerprint density at radius 3 is 3.06 bits per heavy atom. The summed E-state index contributed by atoms with van der Waals surface area (Å²) in [6.07, 6.45) is 6.15. The quantitative estimate of drug-likeness (QED) is 0.875. The summed E-state index contributed by atoms with van der Waals surface area (Å²) in [4.78, 5) is 6.79. The lowest BCUT2D eigenvalue weighted by Crippen LogP contribution is -2.30. The van der Waals surface area contributed by atoms with E-state index in [0.717, 1.165) is 31.8 Å². The zero-order valence-electron chi connectivity index (χ0n) is 10.3. The lowest BCUT2D eigenvalue weighted by atomic mass is 10.1. The number of aliphatic hydroxyl groups is 1. The third-order valence-corrected chi connectivity index (χ3v) is 3.92. The van der Waals surface area contributed by atoms with E-state index in [1.54, 1.807) is 6.20 Å². The van der Waals surface area contributed by atoms with E-state index in [2.05, 4.69) is 9.88 Å². The van der Waals surface area contributed by atoms with E-state index >= 15 is 0 Å². The molecule has 2 rings (SSSR count). The van der Waals surface area contributed by atoms with E-state index in [1.165, 1.54) is 12.8 Å². The van der Waals surface area contributed by atoms with Crippen LogP contribution in [0.15, 0.2) is 6.20 Å². The summed E-state index contributed by atoms with van der Waals surface area (Å²) in [5, 5.41) is 9.58. The van der Waals surface area contributed by atoms with E-state index in [0.29, 0.717) is 17.8 Å². The van der Waals surface area contributed by atoms with Gasteiger partial charge in [0, 0.05) is 19.7 Å². The molecule has 1 atom stereocenters. The van der Waals surface area contributed by atoms with Gasteiger partial charge in [-0.25, -0.2) is 4.98 Å². The monoisotopic (exact) mass is 257 g/mol. The van der Waals surface area contributed by atoms with Gasteiger partial charge in [-0.2, -0.15) is 0 Å². The number of hydrogen-bond donors (Lipinski definition) is 1. The second-order valence-electron chi connectivity index (χ2n) is 4.69. The maximum atomic E-state index is 8.90. The number of aliphatic hydroxyl groups excluding tert-OH is 1. The Bertz CT molecular complexity index is 367. The molecule has 1 fully saturated rings. The number of likely N-dealkylation sites (tertiary alicyclic amines) is 1. The zero-order valence-corrected chi connectivity index (χ0v) is 11.0. The predicted octanol–water partition coefficient (Wildman–Crippen LogP) is 1.81. The second kappa shape index (κ2) is 5.85. The molecule has 1 aromatic rings. The molecule has 0 spiro atoms. The van der Waals surface area contributed by atoms with Crippen molar-refractivity contribution in [1.29, 1.82) is 0 Å². The van der Waals surface area contributed by atoms with Crippen molar-refractivity contribution in [1.82, 2.24) is 14.5 Å². The van der Waals surface area contributed by atoms with Crippen LogP contribution in [-0.2, 0) is 13.6 Å². The van der Waals surface area contributed by atoms with Gasteiger partial charge in [0.2, 0.25) is 0 Å². The summed E-state index contributed by atoms with van der Waals surface area (Å²) in [6.45, 7) is 2.28. The SMILES string of the molecule is Cn1c(Cl)cnc1CN1CCCC1CCCO. The van der Waals surface area contributed by atoms with Gasteiger partial charge in [-0.1, -0.05) is 11.6 Å². The molecule has 0 aromatic carbocycles. The van der Waals surface area contributed by atoms with Gasteiger partial charge in [0.1, 0.15) is 11.0 Å². The van der Waals surface area contributed by atoms with Crippen molar-refractivity contribution in [3.05, 3.63) is 17.2 Å². The third-order valence-electron chi connectivity index (χ3n) is 3.57. The first kappa shape index (κ1) is 12.9. The molecule has 0 bridgehead atoms. The van der Waals surface area contributed by atoms with Crippen molar-refractivity contribution in [2.45, 2.75) is 38.3 Å². The summed E-state index contributed by atoms with van der Waals surface area (Å²) in [7, 11) is 1.95. The number of imidazole rings is 1. The number of rotatable bonds is 5. The molecule has 1 unspecified atom stereocenters. The minimum atomic E-state index is 0.290. The maximum Gasteiger partial charge on any atom is 0.128 e. The highest BCUT2D eigenvalue weighted by molar-refractivity contribution is 6.29. The highest BCUT2D eigenvalue weighted by atomic mass is 35.5. The molecule has 4 nitrogen and oxygen atoms in total. The smallest absolute Gasteiger partial charge is 0.128 e. The van der Waals surface area contributed by atoms with Crippen molar-refractivity contribution in [3.8, 4) is 0 Å². The van der Waals surface area contributed by atoms with E-state index in [9.17, 15) is 0 Å². The van der Waals surface area contributed by atoms with Crippen molar-refractivity contribution in [3.63, 3.8) is 0 Å². The molecule has 1 aliphatic rings. The van der Waals surface area contributed by atoms with Gasteiger partial charge in [0.05, 0.1) is 12.7 Å². The average Bonchev–Trinajstić information content (AvgIpc) is 2.89. The Balaban J connectivity index is 1.95. The molecule has 0 aliphatic carbocycles. The van der Waals surface area contributed by atoms with Crippen molar-refractivity contribution >= 4 is 11.6 Å². The topological polar surface area (TPSA) is 41.3 Å². The molecule has 0 saturated carbocycles. The lowest BCUT2D eigenvalue weighted by molar-refractivity contribution is 0.205. The van der Waals surface area contributed by atoms with Gasteiger partial charge in [0.25, 0.3) is 0 Å². The van der Waals surface area contributed by atoms with Crippen LogP contribution in [0.25, 0.3) is 0 Å². The van der Waals surface area contributed by atoms with E-state index in [1.807, 2.05) is 11.6 Å². The molecule has 5 heteroatoms. The fraction of sp³-hybridized carbons (Fsp3) is 0.750. The lowest BCUT2D eigenvalue weighted by Gasteiger charge is -2.23. The normalized spacial score (nSPS) is 21.2. The van der Waals surface area contributed by atoms with Crippen LogP contribution in [0.2, 0.25) is 5.15 Å². The summed E-state index contributed by atoms with van der Waals surface area (Å²) in [5.41, 5.74) is 0. The number of nitrogens with zero attached hydrogens (tertiary/aromatic N) is 3. The van der Waals surface area contributed by atoms with Crippen LogP contribution in [0.4, 0.5) is 0 Å². The molecule has 2 heterocycles. The summed E-state index contributed by atoms with van der Waals surface area (Å²) in [6, 6.07) is 0.595. The van der Waals surface area contributed by atoms with Gasteiger partial charge in [-0.15, -0.1) is 0 Å². The number of halogens is 1. The van der Waals surface area contributed by atoms with Crippen molar-refractivity contribution in [2.24, 2.45) is 7.05 Å². The van der Waals surface area contributed by atoms with Gasteiger partial charge < -0.3 is 9.67 Å². The van der Waals surface area contributed by atoms with Crippen LogP contribution in [0, 0.1) is 0 Å². The number of hydrogen-bond acceptors (Lipinski definition) is 3. The van der Waals surface area contributed by atoms with Crippen LogP contribution in [-0.4, -0.2) is 38.8 Å². The van der Waals surface area contributed by atoms with E-state index in [4.69, 9.17) is 16.7 Å². The molecule has 0 radical (unpaired) electrons. The molecule has 1 N–H and O–H groups in total. The Morgan fingerprint density at radius 2 is 2.41 bits per heavy atom. The summed E-state index contributed by atoms with van der Waals surface area (Å²) >= 11 is 5.98. The van der Waals surface area contributed by atoms with Crippen molar-refractivity contribution in [2.75, 3.05) is 13.2 Å². The van der Waals surface area contributed by atoms with E-state index < -0.39 is 0 Å². The fourth-order valence-corrected chi connectivity index (χ4v) is 2.66. The first-order valence-electron chi connectivity index (χ1n) is 6.23. The molecule has 1 aromatic heterocycles. The van der Waals surface area contributed by atoms with Crippen LogP contribution >= 0.6 is 11.6 Å². The van der Waals surface area contributed by atoms with Gasteiger partial charge >= 0.3 is 0 Å². The Hall–Kier alpha value is -0.580. The minimum Gasteiger partial charge on any atom is -0.396 e. The first-order valence-corrected chi connectivity index (χ1v) is 6.61. The molecule has 0 amide bonds. The molecular weight excluding hydrogens is 238 g/mol. The van der Waals surface area contributed by atoms with Crippen LogP contribution in [0.5, 0.6) is 0 Å². The molecule has 1 saturated heterocycles. The second-order valence-corrected chi connectivity index (χ2v) is 5.08. The maximum absolute atomic E-state index is 8.90. The Morgan fingerprint density at radius 1 is 1.59 bits per heavy atom. The number of aromatic nitrogens is 2. The molecule has 1 aliphatic heterocycles.